The first-order chi connectivity index (χ1) is 12.6. The summed E-state index contributed by atoms with van der Waals surface area (Å²) in [6.45, 7) is 3.87. The summed E-state index contributed by atoms with van der Waals surface area (Å²) in [4.78, 5) is 34.9. The standard InChI is InChI=1S/C16H24N6O4/c23-15-14(21-11-12-1-3-13(4-2-12)22(25)26)16(24)20-10-8-18-6-5-17-7-9-19-15/h1-4,14,17-18,21H,5-11H2,(H,19,23)(H,20,24). The summed E-state index contributed by atoms with van der Waals surface area (Å²) in [6, 6.07) is 4.92. The lowest BCUT2D eigenvalue weighted by Crippen LogP contribution is -2.54. The minimum atomic E-state index is -1.04. The minimum absolute atomic E-state index is 0.00805. The van der Waals surface area contributed by atoms with Crippen molar-refractivity contribution in [3.05, 3.63) is 39.9 Å². The number of carbonyl (C=O) groups excluding carboxylic acids is 2. The summed E-state index contributed by atoms with van der Waals surface area (Å²) in [5.41, 5.74) is 0.730. The van der Waals surface area contributed by atoms with Crippen molar-refractivity contribution in [3.8, 4) is 0 Å². The molecule has 26 heavy (non-hydrogen) atoms. The molecule has 0 bridgehead atoms. The van der Waals surface area contributed by atoms with E-state index in [-0.39, 0.29) is 12.2 Å². The van der Waals surface area contributed by atoms with Gasteiger partial charge in [0, 0.05) is 57.9 Å². The van der Waals surface area contributed by atoms with E-state index in [0.717, 1.165) is 18.7 Å². The van der Waals surface area contributed by atoms with Crippen LogP contribution in [0.25, 0.3) is 0 Å². The molecule has 0 radical (unpaired) electrons. The number of nitrogens with one attached hydrogen (secondary N) is 5. The average molecular weight is 364 g/mol. The summed E-state index contributed by atoms with van der Waals surface area (Å²) < 4.78 is 0. The highest BCUT2D eigenvalue weighted by Crippen LogP contribution is 2.11. The highest BCUT2D eigenvalue weighted by molar-refractivity contribution is 6.04. The molecule has 5 N–H and O–H groups in total. The number of nitro groups is 1. The van der Waals surface area contributed by atoms with Gasteiger partial charge in [-0.3, -0.25) is 25.0 Å². The zero-order chi connectivity index (χ0) is 18.8. The molecule has 1 fully saturated rings. The fourth-order valence-corrected chi connectivity index (χ4v) is 2.44. The van der Waals surface area contributed by atoms with Crippen LogP contribution in [0, 0.1) is 10.1 Å². The molecule has 0 aromatic heterocycles. The molecular formula is C16H24N6O4. The van der Waals surface area contributed by atoms with E-state index < -0.39 is 22.8 Å². The number of nitro benzene ring substituents is 1. The molecule has 1 saturated heterocycles. The zero-order valence-corrected chi connectivity index (χ0v) is 14.4. The molecule has 10 nitrogen and oxygen atoms in total. The summed E-state index contributed by atoms with van der Waals surface area (Å²) >= 11 is 0. The van der Waals surface area contributed by atoms with Crippen LogP contribution in [0.5, 0.6) is 0 Å². The summed E-state index contributed by atoms with van der Waals surface area (Å²) in [6.07, 6.45) is 0. The third-order valence-corrected chi connectivity index (χ3v) is 3.86. The van der Waals surface area contributed by atoms with Crippen molar-refractivity contribution < 1.29 is 14.5 Å². The molecule has 2 rings (SSSR count). The zero-order valence-electron chi connectivity index (χ0n) is 14.4. The lowest BCUT2D eigenvalue weighted by Gasteiger charge is -2.18. The van der Waals surface area contributed by atoms with Gasteiger partial charge in [-0.25, -0.2) is 0 Å². The van der Waals surface area contributed by atoms with Gasteiger partial charge in [0.05, 0.1) is 4.92 Å². The maximum Gasteiger partial charge on any atom is 0.269 e. The molecule has 0 saturated carbocycles. The number of carbonyl (C=O) groups is 2. The Bertz CT molecular complexity index is 598. The van der Waals surface area contributed by atoms with E-state index in [9.17, 15) is 19.7 Å². The smallest absolute Gasteiger partial charge is 0.269 e. The van der Waals surface area contributed by atoms with Crippen LogP contribution in [0.15, 0.2) is 24.3 Å². The van der Waals surface area contributed by atoms with Crippen molar-refractivity contribution in [3.63, 3.8) is 0 Å². The molecule has 0 spiro atoms. The van der Waals surface area contributed by atoms with Crippen molar-refractivity contribution in [1.29, 1.82) is 0 Å². The normalized spacial score (nSPS) is 18.0. The van der Waals surface area contributed by atoms with E-state index in [1.807, 2.05) is 0 Å². The molecular weight excluding hydrogens is 340 g/mol. The molecule has 0 unspecified atom stereocenters. The fraction of sp³-hybridized carbons (Fsp3) is 0.500. The van der Waals surface area contributed by atoms with Crippen LogP contribution >= 0.6 is 0 Å². The van der Waals surface area contributed by atoms with Crippen LogP contribution < -0.4 is 26.6 Å². The minimum Gasteiger partial charge on any atom is -0.353 e. The first-order valence-corrected chi connectivity index (χ1v) is 8.51. The molecule has 142 valence electrons. The molecule has 1 aromatic rings. The molecule has 10 heteroatoms. The Balaban J connectivity index is 1.97. The van der Waals surface area contributed by atoms with Crippen LogP contribution in [-0.4, -0.2) is 62.0 Å². The second-order valence-electron chi connectivity index (χ2n) is 5.82. The number of nitrogens with zero attached hydrogens (tertiary/aromatic N) is 1. The average Bonchev–Trinajstić information content (AvgIpc) is 2.64. The first kappa shape index (κ1) is 19.8. The Labute approximate surface area is 151 Å². The van der Waals surface area contributed by atoms with Gasteiger partial charge in [0.25, 0.3) is 5.69 Å². The van der Waals surface area contributed by atoms with Gasteiger partial charge in [-0.15, -0.1) is 0 Å². The first-order valence-electron chi connectivity index (χ1n) is 8.51. The van der Waals surface area contributed by atoms with Crippen LogP contribution in [-0.2, 0) is 16.1 Å². The molecule has 1 aromatic carbocycles. The second kappa shape index (κ2) is 10.4. The van der Waals surface area contributed by atoms with Crippen LogP contribution in [0.4, 0.5) is 5.69 Å². The Morgan fingerprint density at radius 1 is 0.923 bits per heavy atom. The summed E-state index contributed by atoms with van der Waals surface area (Å²) in [5.74, 6) is -0.808. The van der Waals surface area contributed by atoms with Crippen LogP contribution in [0.3, 0.4) is 0 Å². The number of amides is 2. The van der Waals surface area contributed by atoms with Crippen molar-refractivity contribution >= 4 is 17.5 Å². The Morgan fingerprint density at radius 2 is 1.42 bits per heavy atom. The monoisotopic (exact) mass is 364 g/mol. The molecule has 2 amide bonds. The van der Waals surface area contributed by atoms with Gasteiger partial charge >= 0.3 is 0 Å². The SMILES string of the molecule is O=C1NCCNCCNCCNC(=O)C1NCc1ccc([N+](=O)[O-])cc1. The van der Waals surface area contributed by atoms with E-state index in [4.69, 9.17) is 0 Å². The van der Waals surface area contributed by atoms with E-state index >= 15 is 0 Å². The number of hydrogen-bond acceptors (Lipinski definition) is 7. The largest absolute Gasteiger partial charge is 0.353 e. The number of rotatable bonds is 4. The van der Waals surface area contributed by atoms with E-state index in [2.05, 4.69) is 26.6 Å². The van der Waals surface area contributed by atoms with Crippen LogP contribution in [0.2, 0.25) is 0 Å². The molecule has 1 aliphatic heterocycles. The second-order valence-corrected chi connectivity index (χ2v) is 5.82. The number of hydrogen-bond donors (Lipinski definition) is 5. The van der Waals surface area contributed by atoms with Gasteiger partial charge in [-0.2, -0.15) is 0 Å². The molecule has 1 aliphatic rings. The molecule has 1 heterocycles. The van der Waals surface area contributed by atoms with E-state index in [0.29, 0.717) is 26.2 Å². The lowest BCUT2D eigenvalue weighted by atomic mass is 10.1. The third-order valence-electron chi connectivity index (χ3n) is 3.86. The summed E-state index contributed by atoms with van der Waals surface area (Å²) in [7, 11) is 0. The maximum absolute atomic E-state index is 12.3. The maximum atomic E-state index is 12.3. The van der Waals surface area contributed by atoms with Gasteiger partial charge < -0.3 is 21.3 Å². The Kier molecular flexibility index (Phi) is 7.93. The van der Waals surface area contributed by atoms with Gasteiger partial charge in [-0.1, -0.05) is 12.1 Å². The number of non-ortho nitro benzene ring substituents is 1. The van der Waals surface area contributed by atoms with Gasteiger partial charge in [-0.05, 0) is 5.56 Å². The van der Waals surface area contributed by atoms with E-state index in [1.165, 1.54) is 12.1 Å². The summed E-state index contributed by atoms with van der Waals surface area (Å²) in [5, 5.41) is 25.4. The predicted octanol–water partition coefficient (Wildman–Crippen LogP) is -1.52. The number of benzene rings is 1. The fourth-order valence-electron chi connectivity index (χ4n) is 2.44. The molecule has 0 atom stereocenters. The predicted molar refractivity (Wildman–Crippen MR) is 95.5 cm³/mol. The van der Waals surface area contributed by atoms with Gasteiger partial charge in [0.1, 0.15) is 0 Å². The van der Waals surface area contributed by atoms with Gasteiger partial charge in [0.2, 0.25) is 11.8 Å². The van der Waals surface area contributed by atoms with Crippen molar-refractivity contribution in [2.24, 2.45) is 0 Å². The van der Waals surface area contributed by atoms with E-state index in [1.54, 1.807) is 12.1 Å². The van der Waals surface area contributed by atoms with Crippen molar-refractivity contribution in [1.82, 2.24) is 26.6 Å². The Morgan fingerprint density at radius 3 is 1.92 bits per heavy atom. The lowest BCUT2D eigenvalue weighted by molar-refractivity contribution is -0.384. The Hall–Kier alpha value is -2.56. The van der Waals surface area contributed by atoms with Crippen LogP contribution in [0.1, 0.15) is 5.56 Å². The topological polar surface area (TPSA) is 137 Å². The highest BCUT2D eigenvalue weighted by atomic mass is 16.6. The molecule has 0 aliphatic carbocycles. The third kappa shape index (κ3) is 6.39. The van der Waals surface area contributed by atoms with Crippen molar-refractivity contribution in [2.45, 2.75) is 12.6 Å². The highest BCUT2D eigenvalue weighted by Gasteiger charge is 2.25. The quantitative estimate of drug-likeness (QED) is 0.248. The van der Waals surface area contributed by atoms with Gasteiger partial charge in [0.15, 0.2) is 6.04 Å². The van der Waals surface area contributed by atoms with Crippen molar-refractivity contribution in [2.75, 3.05) is 39.3 Å².